The molecule has 3 aliphatic rings. The van der Waals surface area contributed by atoms with Crippen LogP contribution in [0.15, 0.2) is 49.1 Å². The van der Waals surface area contributed by atoms with Crippen LogP contribution in [0.2, 0.25) is 6.04 Å². The highest BCUT2D eigenvalue weighted by Crippen LogP contribution is 2.30. The van der Waals surface area contributed by atoms with Gasteiger partial charge < -0.3 is 13.3 Å². The summed E-state index contributed by atoms with van der Waals surface area (Å²) in [5.74, 6) is 0. The molecule has 0 amide bonds. The molecule has 138 valence electrons. The van der Waals surface area contributed by atoms with Crippen molar-refractivity contribution in [3.63, 3.8) is 0 Å². The van der Waals surface area contributed by atoms with Gasteiger partial charge in [0.15, 0.2) is 0 Å². The maximum Gasteiger partial charge on any atom is 0.506 e. The fraction of sp³-hybridized carbons (Fsp3) is 0.619. The summed E-state index contributed by atoms with van der Waals surface area (Å²) in [6, 6.07) is 0.673. The monoisotopic (exact) mass is 360 g/mol. The number of hydrogen-bond donors (Lipinski definition) is 0. The number of hydrogen-bond acceptors (Lipinski definition) is 3. The van der Waals surface area contributed by atoms with Gasteiger partial charge in [-0.15, -0.1) is 6.58 Å². The van der Waals surface area contributed by atoms with Gasteiger partial charge in [-0.25, -0.2) is 0 Å². The van der Waals surface area contributed by atoms with E-state index < -0.39 is 8.80 Å². The minimum absolute atomic E-state index is 0.112. The molecule has 0 radical (unpaired) electrons. The van der Waals surface area contributed by atoms with E-state index in [4.69, 9.17) is 13.3 Å². The topological polar surface area (TPSA) is 27.7 Å². The maximum atomic E-state index is 6.59. The van der Waals surface area contributed by atoms with Crippen molar-refractivity contribution in [2.45, 2.75) is 82.1 Å². The first-order valence-corrected chi connectivity index (χ1v) is 11.9. The molecule has 0 heterocycles. The van der Waals surface area contributed by atoms with Crippen molar-refractivity contribution in [1.82, 2.24) is 0 Å². The van der Waals surface area contributed by atoms with Crippen molar-refractivity contribution in [1.29, 1.82) is 0 Å². The Labute approximate surface area is 153 Å². The summed E-state index contributed by atoms with van der Waals surface area (Å²) in [7, 11) is -2.83. The fourth-order valence-electron chi connectivity index (χ4n) is 3.73. The Kier molecular flexibility index (Phi) is 7.29. The van der Waals surface area contributed by atoms with Gasteiger partial charge in [-0.3, -0.25) is 0 Å². The van der Waals surface area contributed by atoms with Crippen LogP contribution >= 0.6 is 0 Å². The molecule has 0 aromatic carbocycles. The molecule has 3 atom stereocenters. The second-order valence-electron chi connectivity index (χ2n) is 7.22. The SMILES string of the molecule is C=CC[Si](OC1C=CCCC1)(OC1C=CCCC1)OC1C=CCCC1. The van der Waals surface area contributed by atoms with E-state index >= 15 is 0 Å². The summed E-state index contributed by atoms with van der Waals surface area (Å²) >= 11 is 0. The first kappa shape index (κ1) is 18.8. The van der Waals surface area contributed by atoms with E-state index in [9.17, 15) is 0 Å². The molecule has 25 heavy (non-hydrogen) atoms. The second kappa shape index (κ2) is 9.67. The van der Waals surface area contributed by atoms with Crippen LogP contribution in [0.25, 0.3) is 0 Å². The van der Waals surface area contributed by atoms with E-state index in [1.807, 2.05) is 6.08 Å². The Hall–Kier alpha value is -0.943. The minimum Gasteiger partial charge on any atom is -0.367 e. The molecule has 4 heteroatoms. The predicted octanol–water partition coefficient (Wildman–Crippen LogP) is 5.49. The molecule has 3 rings (SSSR count). The molecule has 3 unspecified atom stereocenters. The molecule has 0 fully saturated rings. The third kappa shape index (κ3) is 5.78. The van der Waals surface area contributed by atoms with Gasteiger partial charge in [0.25, 0.3) is 0 Å². The van der Waals surface area contributed by atoms with E-state index in [1.54, 1.807) is 0 Å². The summed E-state index contributed by atoms with van der Waals surface area (Å²) in [4.78, 5) is 0. The van der Waals surface area contributed by atoms with E-state index in [-0.39, 0.29) is 18.3 Å². The summed E-state index contributed by atoms with van der Waals surface area (Å²) < 4.78 is 19.8. The maximum absolute atomic E-state index is 6.59. The largest absolute Gasteiger partial charge is 0.506 e. The van der Waals surface area contributed by atoms with Crippen LogP contribution < -0.4 is 0 Å². The number of rotatable bonds is 8. The van der Waals surface area contributed by atoms with Crippen molar-refractivity contribution in [2.75, 3.05) is 0 Å². The summed E-state index contributed by atoms with van der Waals surface area (Å²) in [5, 5.41) is 0. The Bertz CT molecular complexity index is 447. The molecular formula is C21H32O3Si. The summed E-state index contributed by atoms with van der Waals surface area (Å²) in [6.07, 6.45) is 25.6. The molecule has 0 saturated heterocycles. The third-order valence-electron chi connectivity index (χ3n) is 5.02. The zero-order valence-electron chi connectivity index (χ0n) is 15.3. The van der Waals surface area contributed by atoms with Crippen LogP contribution in [0.3, 0.4) is 0 Å². The molecule has 3 nitrogen and oxygen atoms in total. The van der Waals surface area contributed by atoms with Crippen LogP contribution in [-0.4, -0.2) is 27.1 Å². The van der Waals surface area contributed by atoms with Gasteiger partial charge in [0.2, 0.25) is 0 Å². The first-order valence-electron chi connectivity index (χ1n) is 9.94. The van der Waals surface area contributed by atoms with E-state index in [2.05, 4.69) is 43.0 Å². The van der Waals surface area contributed by atoms with E-state index in [0.717, 1.165) is 38.5 Å². The highest BCUT2D eigenvalue weighted by Gasteiger charge is 2.45. The van der Waals surface area contributed by atoms with Crippen molar-refractivity contribution < 1.29 is 13.3 Å². The van der Waals surface area contributed by atoms with Crippen molar-refractivity contribution in [3.05, 3.63) is 49.1 Å². The van der Waals surface area contributed by atoms with Crippen molar-refractivity contribution >= 4 is 8.80 Å². The standard InChI is InChI=1S/C21H32O3Si/c1-2-18-25(22-19-12-6-3-7-13-19,23-20-14-8-4-9-15-20)24-21-16-10-5-11-17-21/h2,6,8,10,12,14,16,19-21H,1,3-5,7,9,11,13,15,17-18H2. The average molecular weight is 361 g/mol. The molecule has 0 spiro atoms. The normalized spacial score (nSPS) is 31.6. The molecule has 0 saturated carbocycles. The lowest BCUT2D eigenvalue weighted by Gasteiger charge is -2.38. The molecule has 0 aromatic heterocycles. The van der Waals surface area contributed by atoms with Crippen molar-refractivity contribution in [3.8, 4) is 0 Å². The lowest BCUT2D eigenvalue weighted by molar-refractivity contribution is 0.00357. The smallest absolute Gasteiger partial charge is 0.367 e. The zero-order valence-corrected chi connectivity index (χ0v) is 16.3. The Balaban J connectivity index is 1.77. The van der Waals surface area contributed by atoms with Crippen molar-refractivity contribution in [2.24, 2.45) is 0 Å². The molecule has 0 N–H and O–H groups in total. The van der Waals surface area contributed by atoms with Gasteiger partial charge in [-0.2, -0.15) is 0 Å². The van der Waals surface area contributed by atoms with Crippen LogP contribution in [-0.2, 0) is 13.3 Å². The van der Waals surface area contributed by atoms with E-state index in [1.165, 1.54) is 19.3 Å². The van der Waals surface area contributed by atoms with Gasteiger partial charge >= 0.3 is 8.80 Å². The van der Waals surface area contributed by atoms with Gasteiger partial charge in [0, 0.05) is 6.04 Å². The van der Waals surface area contributed by atoms with Crippen LogP contribution in [0.1, 0.15) is 57.8 Å². The van der Waals surface area contributed by atoms with E-state index in [0.29, 0.717) is 6.04 Å². The predicted molar refractivity (Wildman–Crippen MR) is 104 cm³/mol. The van der Waals surface area contributed by atoms with Crippen LogP contribution in [0.4, 0.5) is 0 Å². The fourth-order valence-corrected chi connectivity index (χ4v) is 6.52. The van der Waals surface area contributed by atoms with Crippen LogP contribution in [0, 0.1) is 0 Å². The first-order chi connectivity index (χ1) is 12.3. The highest BCUT2D eigenvalue weighted by molar-refractivity contribution is 6.61. The summed E-state index contributed by atoms with van der Waals surface area (Å²) in [6.45, 7) is 3.97. The quantitative estimate of drug-likeness (QED) is 0.423. The lowest BCUT2D eigenvalue weighted by atomic mass is 10.1. The highest BCUT2D eigenvalue weighted by atomic mass is 28.4. The van der Waals surface area contributed by atoms with Gasteiger partial charge in [-0.05, 0) is 57.8 Å². The van der Waals surface area contributed by atoms with Gasteiger partial charge in [0.05, 0.1) is 18.3 Å². The number of allylic oxidation sites excluding steroid dienone is 4. The lowest BCUT2D eigenvalue weighted by Crippen LogP contribution is -2.52. The Morgan fingerprint density at radius 1 is 0.760 bits per heavy atom. The molecule has 0 aliphatic heterocycles. The van der Waals surface area contributed by atoms with Gasteiger partial charge in [-0.1, -0.05) is 42.5 Å². The molecule has 0 bridgehead atoms. The minimum atomic E-state index is -2.83. The third-order valence-corrected chi connectivity index (χ3v) is 7.79. The zero-order chi connectivity index (χ0) is 17.4. The molecular weight excluding hydrogens is 328 g/mol. The molecule has 0 aromatic rings. The molecule has 3 aliphatic carbocycles. The second-order valence-corrected chi connectivity index (χ2v) is 9.70. The Morgan fingerprint density at radius 3 is 1.44 bits per heavy atom. The van der Waals surface area contributed by atoms with Crippen LogP contribution in [0.5, 0.6) is 0 Å². The average Bonchev–Trinajstić information content (AvgIpc) is 2.64. The van der Waals surface area contributed by atoms with Gasteiger partial charge in [0.1, 0.15) is 0 Å². The summed E-state index contributed by atoms with van der Waals surface area (Å²) in [5.41, 5.74) is 0. The Morgan fingerprint density at radius 2 is 1.16 bits per heavy atom.